The van der Waals surface area contributed by atoms with E-state index in [0.29, 0.717) is 57.3 Å². The Balaban J connectivity index is 1.12. The number of hydrogen-bond donors (Lipinski definition) is 4. The van der Waals surface area contributed by atoms with Gasteiger partial charge in [-0.15, -0.1) is 17.9 Å². The van der Waals surface area contributed by atoms with Crippen LogP contribution < -0.4 is 25.4 Å². The van der Waals surface area contributed by atoms with Gasteiger partial charge in [-0.2, -0.15) is 0 Å². The quantitative estimate of drug-likeness (QED) is 0.0219. The second kappa shape index (κ2) is 23.6. The predicted molar refractivity (Wildman–Crippen MR) is 281 cm³/mol. The minimum absolute atomic E-state index is 0.00652. The number of nitrogens with zero attached hydrogens (tertiary/aromatic N) is 3. The molecule has 1 aliphatic heterocycles. The van der Waals surface area contributed by atoms with E-state index in [1.807, 2.05) is 25.3 Å². The molecule has 75 heavy (non-hydrogen) atoms. The van der Waals surface area contributed by atoms with E-state index in [4.69, 9.17) is 42.7 Å². The van der Waals surface area contributed by atoms with Crippen LogP contribution in [0.25, 0.3) is 22.3 Å². The van der Waals surface area contributed by atoms with E-state index in [9.17, 15) is 14.7 Å². The first-order valence-corrected chi connectivity index (χ1v) is 27.4. The molecule has 5 aromatic rings. The molecular weight excluding hydrogens is 1000 g/mol. The number of fused-ring (bicyclic) bond motifs is 1. The highest BCUT2D eigenvalue weighted by Gasteiger charge is 2.69. The molecule has 3 fully saturated rings. The Morgan fingerprint density at radius 3 is 2.32 bits per heavy atom. The van der Waals surface area contributed by atoms with E-state index in [0.717, 1.165) is 12.8 Å². The first kappa shape index (κ1) is 54.8. The SMILES string of the molecule is C=CC1C[C@]1(NC(=O)C1CC(Oc2cc(-c3csc(NC(C)C)n3)nc3cc(OC)ccc23)CN1C(=O)C(NC(=O)OC1CCCC1)C(C)(C)C)P(=O)(OCOC(=O)c1ccccc1)OCOC(O)c1ccccc1. The van der Waals surface area contributed by atoms with Crippen LogP contribution in [0.1, 0.15) is 95.4 Å². The van der Waals surface area contributed by atoms with Crippen molar-refractivity contribution in [3.8, 4) is 22.9 Å². The van der Waals surface area contributed by atoms with Crippen molar-refractivity contribution in [1.29, 1.82) is 0 Å². The highest BCUT2D eigenvalue weighted by atomic mass is 32.1. The molecule has 0 bridgehead atoms. The number of benzene rings is 3. The number of alkyl carbamates (subject to hydrolysis) is 1. The van der Waals surface area contributed by atoms with E-state index in [1.54, 1.807) is 94.6 Å². The number of rotatable bonds is 22. The molecule has 1 saturated heterocycles. The van der Waals surface area contributed by atoms with Gasteiger partial charge in [-0.3, -0.25) is 23.2 Å². The van der Waals surface area contributed by atoms with E-state index < -0.39 is 86.1 Å². The lowest BCUT2D eigenvalue weighted by molar-refractivity contribution is -0.150. The lowest BCUT2D eigenvalue weighted by Crippen LogP contribution is -2.58. The molecule has 2 aliphatic carbocycles. The number of carbonyl (C=O) groups excluding carboxylic acids is 4. The number of thiazole rings is 1. The van der Waals surface area contributed by atoms with Crippen molar-refractivity contribution in [3.63, 3.8) is 0 Å². The van der Waals surface area contributed by atoms with Gasteiger partial charge in [-0.1, -0.05) is 75.4 Å². The van der Waals surface area contributed by atoms with Crippen molar-refractivity contribution < 1.29 is 61.6 Å². The summed E-state index contributed by atoms with van der Waals surface area (Å²) in [4.78, 5) is 68.0. The second-order valence-corrected chi connectivity index (χ2v) is 23.3. The molecule has 7 atom stereocenters. The fourth-order valence-corrected chi connectivity index (χ4v) is 12.2. The fourth-order valence-electron chi connectivity index (χ4n) is 9.25. The molecule has 3 heterocycles. The summed E-state index contributed by atoms with van der Waals surface area (Å²) in [6, 6.07) is 21.3. The van der Waals surface area contributed by atoms with Gasteiger partial charge in [0.05, 0.1) is 30.4 Å². The van der Waals surface area contributed by atoms with E-state index >= 15 is 14.2 Å². The first-order chi connectivity index (χ1) is 35.9. The minimum Gasteiger partial charge on any atom is -0.497 e. The van der Waals surface area contributed by atoms with Crippen LogP contribution >= 0.6 is 18.9 Å². The number of carbonyl (C=O) groups is 4. The number of methoxy groups -OCH3 is 1. The standard InChI is InChI=1S/C54H65N6O13PS/c1-8-36-28-54(36,74(66,70-31-68-49(63)34-17-11-9-12-18-34)71-32-69-50(64)35-19-13-10-14-20-35)59-47(61)44-26-39(29-60(44)48(62)46(53(4,5)6)58-52(65)73-37-21-15-16-22-37)72-45-27-42(43-30-75-51(57-43)55-33(2)3)56-41-25-38(67-7)23-24-40(41)45/h8-14,17-20,23-25,27,30,33,36-37,39,44,46,49,63H,1,15-16,21-22,26,28-29,31-32H2,2-7H3,(H,55,57)(H,58,65)(H,59,61)/t36?,39?,44?,46?,49?,54-,74?/m0/s1. The molecule has 2 aromatic heterocycles. The van der Waals surface area contributed by atoms with Crippen LogP contribution in [0.15, 0.2) is 103 Å². The maximum atomic E-state index is 15.4. The molecule has 8 rings (SSSR count). The molecular formula is C54H65N6O13PS. The van der Waals surface area contributed by atoms with E-state index in [1.165, 1.54) is 34.4 Å². The third-order valence-electron chi connectivity index (χ3n) is 13.3. The van der Waals surface area contributed by atoms with Crippen LogP contribution in [0, 0.1) is 11.3 Å². The number of aromatic nitrogens is 2. The van der Waals surface area contributed by atoms with Gasteiger partial charge in [-0.05, 0) is 75.6 Å². The van der Waals surface area contributed by atoms with Crippen LogP contribution in [0.3, 0.4) is 0 Å². The molecule has 0 spiro atoms. The number of likely N-dealkylation sites (tertiary alicyclic amines) is 1. The average molecular weight is 1070 g/mol. The molecule has 3 amide bonds. The van der Waals surface area contributed by atoms with Crippen LogP contribution in [0.5, 0.6) is 11.5 Å². The number of pyridine rings is 1. The second-order valence-electron chi connectivity index (χ2n) is 20.1. The van der Waals surface area contributed by atoms with Gasteiger partial charge in [0.2, 0.25) is 18.6 Å². The first-order valence-electron chi connectivity index (χ1n) is 25.0. The third kappa shape index (κ3) is 13.0. The van der Waals surface area contributed by atoms with Gasteiger partial charge >= 0.3 is 19.7 Å². The van der Waals surface area contributed by atoms with Crippen LogP contribution in [-0.2, 0) is 37.4 Å². The topological polar surface area (TPSA) is 235 Å². The van der Waals surface area contributed by atoms with Crippen molar-refractivity contribution in [2.75, 3.05) is 32.6 Å². The molecule has 6 unspecified atom stereocenters. The lowest BCUT2D eigenvalue weighted by atomic mass is 9.85. The van der Waals surface area contributed by atoms with Crippen molar-refractivity contribution in [1.82, 2.24) is 25.5 Å². The molecule has 3 aromatic carbocycles. The summed E-state index contributed by atoms with van der Waals surface area (Å²) in [5.74, 6) is -1.88. The third-order valence-corrected chi connectivity index (χ3v) is 16.6. The number of anilines is 1. The summed E-state index contributed by atoms with van der Waals surface area (Å²) in [6.45, 7) is 11.6. The van der Waals surface area contributed by atoms with Gasteiger partial charge in [0, 0.05) is 46.8 Å². The molecule has 2 saturated carbocycles. The van der Waals surface area contributed by atoms with E-state index in [2.05, 4.69) is 22.5 Å². The minimum atomic E-state index is -4.69. The largest absolute Gasteiger partial charge is 0.497 e. The zero-order valence-corrected chi connectivity index (χ0v) is 44.6. The smallest absolute Gasteiger partial charge is 0.408 e. The van der Waals surface area contributed by atoms with Crippen molar-refractivity contribution in [2.24, 2.45) is 11.3 Å². The molecule has 21 heteroatoms. The van der Waals surface area contributed by atoms with Gasteiger partial charge in [0.1, 0.15) is 46.8 Å². The summed E-state index contributed by atoms with van der Waals surface area (Å²) in [6.07, 6.45) is 1.31. The van der Waals surface area contributed by atoms with Crippen LogP contribution in [0.4, 0.5) is 9.93 Å². The summed E-state index contributed by atoms with van der Waals surface area (Å²) >= 11 is 1.43. The summed E-state index contributed by atoms with van der Waals surface area (Å²) in [5, 5.41) is 21.3. The van der Waals surface area contributed by atoms with Crippen molar-refractivity contribution in [3.05, 3.63) is 114 Å². The van der Waals surface area contributed by atoms with Gasteiger partial charge in [0.25, 0.3) is 0 Å². The monoisotopic (exact) mass is 1070 g/mol. The average Bonchev–Trinajstić information content (AvgIpc) is 3.79. The maximum absolute atomic E-state index is 15.4. The maximum Gasteiger partial charge on any atom is 0.408 e. The number of hydrogen-bond acceptors (Lipinski definition) is 17. The Morgan fingerprint density at radius 2 is 1.65 bits per heavy atom. The summed E-state index contributed by atoms with van der Waals surface area (Å²) in [7, 11) is -3.14. The van der Waals surface area contributed by atoms with Gasteiger partial charge < -0.3 is 49.6 Å². The summed E-state index contributed by atoms with van der Waals surface area (Å²) in [5.41, 5.74) is 1.35. The molecule has 400 valence electrons. The van der Waals surface area contributed by atoms with Crippen molar-refractivity contribution in [2.45, 2.75) is 115 Å². The Bertz CT molecular complexity index is 2880. The predicted octanol–water partition coefficient (Wildman–Crippen LogP) is 9.34. The Kier molecular flexibility index (Phi) is 17.3. The molecule has 4 N–H and O–H groups in total. The Hall–Kier alpha value is -6.41. The van der Waals surface area contributed by atoms with Gasteiger partial charge in [0.15, 0.2) is 18.2 Å². The molecule has 19 nitrogen and oxygen atoms in total. The highest BCUT2D eigenvalue weighted by molar-refractivity contribution is 7.56. The van der Waals surface area contributed by atoms with Crippen LogP contribution in [-0.4, -0.2) is 107 Å². The number of nitrogens with one attached hydrogen (secondary N) is 3. The lowest BCUT2D eigenvalue weighted by Gasteiger charge is -2.36. The van der Waals surface area contributed by atoms with E-state index in [-0.39, 0.29) is 37.1 Å². The zero-order chi connectivity index (χ0) is 53.5. The Morgan fingerprint density at radius 1 is 0.947 bits per heavy atom. The normalized spacial score (nSPS) is 21.2. The summed E-state index contributed by atoms with van der Waals surface area (Å²) < 4.78 is 56.3. The number of amides is 3. The zero-order valence-electron chi connectivity index (χ0n) is 42.9. The Labute approximate surface area is 440 Å². The van der Waals surface area contributed by atoms with Crippen LogP contribution in [0.2, 0.25) is 0 Å². The number of ether oxygens (including phenoxy) is 5. The number of aliphatic hydroxyl groups excluding tert-OH is 1. The van der Waals surface area contributed by atoms with Crippen molar-refractivity contribution >= 4 is 58.8 Å². The fraction of sp³-hybridized carbons (Fsp3) is 0.444. The molecule has 0 radical (unpaired) electrons. The van der Waals surface area contributed by atoms with Gasteiger partial charge in [-0.25, -0.2) is 19.6 Å². The highest BCUT2D eigenvalue weighted by Crippen LogP contribution is 2.73. The number of esters is 1. The number of aliphatic hydroxyl groups is 1. The molecule has 3 aliphatic rings.